The summed E-state index contributed by atoms with van der Waals surface area (Å²) < 4.78 is 1.83. The van der Waals surface area contributed by atoms with E-state index in [-0.39, 0.29) is 11.5 Å². The second kappa shape index (κ2) is 8.39. The van der Waals surface area contributed by atoms with Crippen LogP contribution in [-0.4, -0.2) is 61.6 Å². The number of carbonyl (C=O) groups is 1. The summed E-state index contributed by atoms with van der Waals surface area (Å²) in [5.41, 5.74) is 3.90. The van der Waals surface area contributed by atoms with E-state index in [4.69, 9.17) is 0 Å². The quantitative estimate of drug-likeness (QED) is 0.629. The highest BCUT2D eigenvalue weighted by atomic mass is 32.1. The average Bonchev–Trinajstić information content (AvgIpc) is 3.15. The lowest BCUT2D eigenvalue weighted by atomic mass is 10.2. The fraction of sp³-hybridized carbons (Fsp3) is 0.455. The minimum absolute atomic E-state index is 0.0137. The van der Waals surface area contributed by atoms with Gasteiger partial charge in [-0.05, 0) is 39.3 Å². The van der Waals surface area contributed by atoms with E-state index in [0.717, 1.165) is 45.3 Å². The van der Waals surface area contributed by atoms with Crippen molar-refractivity contribution < 1.29 is 4.79 Å². The summed E-state index contributed by atoms with van der Waals surface area (Å²) in [4.78, 5) is 38.7. The molecule has 164 valence electrons. The standard InChI is InChI=1S/C22H28N6O2S/c1-13-16(4)31-22-20(13)21(30)23-18(24-22)12-27-8-10-28(11-9-27)19(29)7-6-17-14(2)25-26(5)15(17)3/h6-7H,8-12H2,1-5H3,(H,23,24,30)/b7-6+. The third-order valence-electron chi connectivity index (χ3n) is 6.10. The van der Waals surface area contributed by atoms with Crippen LogP contribution in [0.25, 0.3) is 16.3 Å². The summed E-state index contributed by atoms with van der Waals surface area (Å²) in [6.07, 6.45) is 3.50. The van der Waals surface area contributed by atoms with Gasteiger partial charge in [-0.25, -0.2) is 4.98 Å². The van der Waals surface area contributed by atoms with E-state index in [2.05, 4.69) is 20.0 Å². The van der Waals surface area contributed by atoms with Crippen LogP contribution < -0.4 is 5.56 Å². The summed E-state index contributed by atoms with van der Waals surface area (Å²) >= 11 is 1.56. The Morgan fingerprint density at radius 2 is 1.87 bits per heavy atom. The summed E-state index contributed by atoms with van der Waals surface area (Å²) in [5, 5.41) is 5.09. The molecule has 0 atom stereocenters. The van der Waals surface area contributed by atoms with Crippen molar-refractivity contribution in [2.75, 3.05) is 26.2 Å². The highest BCUT2D eigenvalue weighted by Gasteiger charge is 2.21. The summed E-state index contributed by atoms with van der Waals surface area (Å²) in [5.74, 6) is 0.695. The van der Waals surface area contributed by atoms with Gasteiger partial charge in [-0.15, -0.1) is 11.3 Å². The lowest BCUT2D eigenvalue weighted by Gasteiger charge is -2.33. The molecule has 1 aliphatic heterocycles. The Labute approximate surface area is 185 Å². The Hall–Kier alpha value is -2.78. The van der Waals surface area contributed by atoms with Crippen LogP contribution >= 0.6 is 11.3 Å². The maximum Gasteiger partial charge on any atom is 0.259 e. The predicted molar refractivity (Wildman–Crippen MR) is 123 cm³/mol. The number of rotatable bonds is 4. The van der Waals surface area contributed by atoms with Gasteiger partial charge in [0, 0.05) is 55.4 Å². The maximum atomic E-state index is 12.6. The first kappa shape index (κ1) is 21.5. The number of hydrogen-bond acceptors (Lipinski definition) is 6. The Balaban J connectivity index is 1.37. The normalized spacial score (nSPS) is 15.5. The van der Waals surface area contributed by atoms with Crippen LogP contribution in [0.1, 0.15) is 33.2 Å². The largest absolute Gasteiger partial charge is 0.337 e. The zero-order valence-corrected chi connectivity index (χ0v) is 19.5. The van der Waals surface area contributed by atoms with E-state index >= 15 is 0 Å². The summed E-state index contributed by atoms with van der Waals surface area (Å²) in [7, 11) is 1.90. The molecule has 0 bridgehead atoms. The van der Waals surface area contributed by atoms with Gasteiger partial charge in [-0.3, -0.25) is 19.2 Å². The molecule has 1 saturated heterocycles. The van der Waals surface area contributed by atoms with Gasteiger partial charge in [-0.2, -0.15) is 5.10 Å². The maximum absolute atomic E-state index is 12.6. The number of piperazine rings is 1. The SMILES string of the molecule is Cc1nn(C)c(C)c1/C=C/C(=O)N1CCN(Cc2nc3sc(C)c(C)c3c(=O)[nH]2)CC1. The number of aromatic amines is 1. The monoisotopic (exact) mass is 440 g/mol. The highest BCUT2D eigenvalue weighted by Crippen LogP contribution is 2.25. The molecule has 31 heavy (non-hydrogen) atoms. The molecule has 4 heterocycles. The van der Waals surface area contributed by atoms with Crippen LogP contribution in [-0.2, 0) is 18.4 Å². The van der Waals surface area contributed by atoms with Crippen LogP contribution in [0.4, 0.5) is 0 Å². The minimum Gasteiger partial charge on any atom is -0.337 e. The summed E-state index contributed by atoms with van der Waals surface area (Å²) in [6.45, 7) is 11.3. The van der Waals surface area contributed by atoms with E-state index in [9.17, 15) is 9.59 Å². The van der Waals surface area contributed by atoms with Gasteiger partial charge in [0.2, 0.25) is 5.91 Å². The van der Waals surface area contributed by atoms with E-state index in [0.29, 0.717) is 30.8 Å². The molecule has 0 spiro atoms. The number of amides is 1. The molecule has 3 aromatic rings. The van der Waals surface area contributed by atoms with Crippen molar-refractivity contribution in [3.63, 3.8) is 0 Å². The number of carbonyl (C=O) groups excluding carboxylic acids is 1. The number of nitrogens with one attached hydrogen (secondary N) is 1. The third kappa shape index (κ3) is 4.20. The molecule has 3 aromatic heterocycles. The lowest BCUT2D eigenvalue weighted by molar-refractivity contribution is -0.127. The molecule has 0 unspecified atom stereocenters. The van der Waals surface area contributed by atoms with Gasteiger partial charge in [0.25, 0.3) is 5.56 Å². The van der Waals surface area contributed by atoms with Crippen molar-refractivity contribution in [1.29, 1.82) is 0 Å². The third-order valence-corrected chi connectivity index (χ3v) is 7.20. The molecular weight excluding hydrogens is 412 g/mol. The first-order valence-corrected chi connectivity index (χ1v) is 11.2. The number of nitrogens with zero attached hydrogens (tertiary/aromatic N) is 5. The van der Waals surface area contributed by atoms with Gasteiger partial charge >= 0.3 is 0 Å². The number of aryl methyl sites for hydroxylation is 4. The number of fused-ring (bicyclic) bond motifs is 1. The van der Waals surface area contributed by atoms with Crippen LogP contribution in [0.3, 0.4) is 0 Å². The Kier molecular flexibility index (Phi) is 5.81. The van der Waals surface area contributed by atoms with Crippen LogP contribution in [0, 0.1) is 27.7 Å². The molecule has 8 nitrogen and oxygen atoms in total. The molecule has 1 amide bonds. The molecule has 4 rings (SSSR count). The second-order valence-corrected chi connectivity index (χ2v) is 9.32. The molecule has 0 radical (unpaired) electrons. The van der Waals surface area contributed by atoms with Crippen LogP contribution in [0.5, 0.6) is 0 Å². The molecule has 0 aliphatic carbocycles. The van der Waals surface area contributed by atoms with Gasteiger partial charge in [0.1, 0.15) is 10.7 Å². The number of H-pyrrole nitrogens is 1. The predicted octanol–water partition coefficient (Wildman–Crippen LogP) is 2.31. The van der Waals surface area contributed by atoms with E-state index < -0.39 is 0 Å². The fourth-order valence-corrected chi connectivity index (χ4v) is 5.05. The first-order chi connectivity index (χ1) is 14.7. The highest BCUT2D eigenvalue weighted by molar-refractivity contribution is 7.18. The number of thiophene rings is 1. The van der Waals surface area contributed by atoms with E-state index in [1.165, 1.54) is 0 Å². The Bertz CT molecular complexity index is 1230. The van der Waals surface area contributed by atoms with Crippen molar-refractivity contribution in [2.24, 2.45) is 7.05 Å². The number of hydrogen-bond donors (Lipinski definition) is 1. The topological polar surface area (TPSA) is 87.1 Å². The Morgan fingerprint density at radius 3 is 2.52 bits per heavy atom. The number of aromatic nitrogens is 4. The first-order valence-electron chi connectivity index (χ1n) is 10.4. The second-order valence-electron chi connectivity index (χ2n) is 8.12. The van der Waals surface area contributed by atoms with Gasteiger partial charge in [0.15, 0.2) is 0 Å². The smallest absolute Gasteiger partial charge is 0.259 e. The zero-order valence-electron chi connectivity index (χ0n) is 18.7. The van der Waals surface area contributed by atoms with Crippen LogP contribution in [0.2, 0.25) is 0 Å². The van der Waals surface area contributed by atoms with Crippen molar-refractivity contribution in [1.82, 2.24) is 29.5 Å². The molecule has 1 N–H and O–H groups in total. The van der Waals surface area contributed by atoms with Crippen molar-refractivity contribution >= 4 is 33.5 Å². The van der Waals surface area contributed by atoms with Gasteiger partial charge in [0.05, 0.1) is 17.6 Å². The molecule has 1 fully saturated rings. The molecular formula is C22H28N6O2S. The molecule has 1 aliphatic rings. The van der Waals surface area contributed by atoms with Crippen molar-refractivity contribution in [3.05, 3.63) is 49.6 Å². The molecule has 9 heteroatoms. The van der Waals surface area contributed by atoms with Crippen molar-refractivity contribution in [2.45, 2.75) is 34.2 Å². The van der Waals surface area contributed by atoms with E-state index in [1.807, 2.05) is 50.4 Å². The van der Waals surface area contributed by atoms with Crippen molar-refractivity contribution in [3.8, 4) is 0 Å². The summed E-state index contributed by atoms with van der Waals surface area (Å²) in [6, 6.07) is 0. The van der Waals surface area contributed by atoms with E-state index in [1.54, 1.807) is 17.4 Å². The lowest BCUT2D eigenvalue weighted by Crippen LogP contribution is -2.48. The van der Waals surface area contributed by atoms with Crippen LogP contribution in [0.15, 0.2) is 10.9 Å². The molecule has 0 aromatic carbocycles. The molecule has 0 saturated carbocycles. The fourth-order valence-electron chi connectivity index (χ4n) is 4.00. The average molecular weight is 441 g/mol. The van der Waals surface area contributed by atoms with Gasteiger partial charge in [-0.1, -0.05) is 0 Å². The Morgan fingerprint density at radius 1 is 1.16 bits per heavy atom. The van der Waals surface area contributed by atoms with Gasteiger partial charge < -0.3 is 9.88 Å². The minimum atomic E-state index is -0.0678. The zero-order chi connectivity index (χ0) is 22.3.